The number of unbranched alkanes of at least 4 members (excludes halogenated alkanes) is 6. The zero-order valence-corrected chi connectivity index (χ0v) is 39.9. The van der Waals surface area contributed by atoms with Gasteiger partial charge in [0.2, 0.25) is 41.4 Å². The molecule has 2 rings (SSSR count). The Morgan fingerprint density at radius 3 is 1.94 bits per heavy atom. The summed E-state index contributed by atoms with van der Waals surface area (Å²) in [5.74, 6) is -10.4. The van der Waals surface area contributed by atoms with Crippen molar-refractivity contribution in [2.75, 3.05) is 18.8 Å². The van der Waals surface area contributed by atoms with Crippen LogP contribution in [0.15, 0.2) is 35.3 Å². The number of hydroxylamine groups is 2. The van der Waals surface area contributed by atoms with Crippen molar-refractivity contribution in [2.45, 2.75) is 158 Å². The zero-order chi connectivity index (χ0) is 51.5. The quantitative estimate of drug-likeness (QED) is 0.0116. The van der Waals surface area contributed by atoms with Crippen LogP contribution in [0.3, 0.4) is 0 Å². The second-order valence-electron chi connectivity index (χ2n) is 16.8. The monoisotopic (exact) mass is 993 g/mol. The number of aliphatic carboxylic acids is 1. The average molecular weight is 994 g/mol. The van der Waals surface area contributed by atoms with Crippen molar-refractivity contribution in [3.63, 3.8) is 0 Å². The van der Waals surface area contributed by atoms with Gasteiger partial charge in [0.1, 0.15) is 36.3 Å². The summed E-state index contributed by atoms with van der Waals surface area (Å²) in [7, 11) is 0. The van der Waals surface area contributed by atoms with Crippen molar-refractivity contribution in [3.8, 4) is 0 Å². The van der Waals surface area contributed by atoms with Crippen molar-refractivity contribution in [2.24, 2.45) is 22.2 Å². The molecule has 8 atom stereocenters. The van der Waals surface area contributed by atoms with Crippen LogP contribution in [0.5, 0.6) is 0 Å². The molecule has 0 spiro atoms. The van der Waals surface area contributed by atoms with E-state index in [1.165, 1.54) is 6.42 Å². The Balaban J connectivity index is 2.30. The lowest BCUT2D eigenvalue weighted by atomic mass is 10.0. The first-order chi connectivity index (χ1) is 32.8. The van der Waals surface area contributed by atoms with Crippen molar-refractivity contribution in [1.82, 2.24) is 37.0 Å². The van der Waals surface area contributed by atoms with E-state index in [9.17, 15) is 63.7 Å². The number of nitrogens with one attached hydrogen (secondary N) is 6. The molecule has 25 heteroatoms. The first-order valence-electron chi connectivity index (χ1n) is 23.2. The number of carbonyl (C=O) groups excluding carboxylic acids is 8. The summed E-state index contributed by atoms with van der Waals surface area (Å²) >= 11 is 4.25. The fraction of sp³-hybridized carbons (Fsp3) is 0.636. The smallest absolute Gasteiger partial charge is 0.335 e. The van der Waals surface area contributed by atoms with Crippen LogP contribution in [-0.4, -0.2) is 152 Å². The van der Waals surface area contributed by atoms with Crippen LogP contribution in [0, 0.1) is 0 Å². The molecule has 0 aromatic heterocycles. The average Bonchev–Trinajstić information content (AvgIpc) is 3.30. The lowest BCUT2D eigenvalue weighted by Gasteiger charge is -2.30. The summed E-state index contributed by atoms with van der Waals surface area (Å²) in [5.41, 5.74) is 16.9. The lowest BCUT2D eigenvalue weighted by molar-refractivity contribution is -0.173. The number of primary amides is 1. The highest BCUT2D eigenvalue weighted by atomic mass is 32.1. The van der Waals surface area contributed by atoms with Crippen LogP contribution in [0.25, 0.3) is 0 Å². The Morgan fingerprint density at radius 1 is 0.754 bits per heavy atom. The number of rotatable bonds is 33. The Bertz CT molecular complexity index is 1890. The van der Waals surface area contributed by atoms with Gasteiger partial charge in [-0.05, 0) is 44.1 Å². The van der Waals surface area contributed by atoms with Gasteiger partial charge in [-0.25, -0.2) is 9.86 Å². The van der Waals surface area contributed by atoms with E-state index in [2.05, 4.69) is 51.1 Å². The molecular weight excluding hydrogens is 923 g/mol. The van der Waals surface area contributed by atoms with Gasteiger partial charge in [0.15, 0.2) is 12.1 Å². The lowest BCUT2D eigenvalue weighted by Crippen LogP contribution is -2.63. The number of aliphatic hydroxyl groups excluding tert-OH is 2. The number of thiol groups is 1. The number of piperidine rings is 1. The number of aliphatic hydroxyl groups is 2. The Morgan fingerprint density at radius 2 is 1.33 bits per heavy atom. The number of nitrogens with two attached hydrogens (primary N) is 3. The summed E-state index contributed by atoms with van der Waals surface area (Å²) < 4.78 is 0. The van der Waals surface area contributed by atoms with Gasteiger partial charge in [0.05, 0.1) is 12.5 Å². The van der Waals surface area contributed by atoms with Gasteiger partial charge in [0, 0.05) is 31.7 Å². The van der Waals surface area contributed by atoms with E-state index in [4.69, 9.17) is 17.2 Å². The van der Waals surface area contributed by atoms with Gasteiger partial charge < -0.3 is 64.4 Å². The number of hydrogen-bond acceptors (Lipinski definition) is 14. The molecule has 1 aliphatic heterocycles. The molecule has 16 N–H and O–H groups in total. The van der Waals surface area contributed by atoms with Gasteiger partial charge >= 0.3 is 5.97 Å². The van der Waals surface area contributed by atoms with Crippen molar-refractivity contribution in [1.29, 1.82) is 0 Å². The number of carbonyl (C=O) groups is 9. The molecule has 24 nitrogen and oxygen atoms in total. The van der Waals surface area contributed by atoms with E-state index < -0.39 is 115 Å². The molecular formula is C44H71N11O13S. The molecule has 0 radical (unpaired) electrons. The predicted octanol–water partition coefficient (Wildman–Crippen LogP) is -2.26. The van der Waals surface area contributed by atoms with E-state index >= 15 is 0 Å². The Hall–Kier alpha value is -6.05. The maximum Gasteiger partial charge on any atom is 0.335 e. The fourth-order valence-corrected chi connectivity index (χ4v) is 7.50. The van der Waals surface area contributed by atoms with Crippen molar-refractivity contribution in [3.05, 3.63) is 35.9 Å². The third kappa shape index (κ3) is 22.7. The van der Waals surface area contributed by atoms with Gasteiger partial charge in [0.25, 0.3) is 5.91 Å². The third-order valence-electron chi connectivity index (χ3n) is 11.1. The number of nitrogens with zero attached hydrogens (tertiary/aromatic N) is 2. The SMILES string of the molecule is CCCCCCCCCC(O)CC(=O)N[C@@H](Cc1ccccc1)C(=O)N[C@@H](CS)C(=O)N[C@@H](CCCN=C(N)N)C(=O)N[C@@H](CCC(N)=O)C(=O)N[C@H](C(=O)NC1CCCN(O)C1=O)C(O)C(=O)O. The normalized spacial score (nSPS) is 16.5. The van der Waals surface area contributed by atoms with Crippen LogP contribution in [0.2, 0.25) is 0 Å². The molecule has 8 amide bonds. The van der Waals surface area contributed by atoms with Crippen molar-refractivity contribution < 1.29 is 63.7 Å². The summed E-state index contributed by atoms with van der Waals surface area (Å²) in [6, 6.07) is -0.816. The summed E-state index contributed by atoms with van der Waals surface area (Å²) in [5, 5.41) is 55.1. The molecule has 3 unspecified atom stereocenters. The number of benzene rings is 1. The van der Waals surface area contributed by atoms with Gasteiger partial charge in [-0.3, -0.25) is 48.6 Å². The number of carboxylic acids is 1. The third-order valence-corrected chi connectivity index (χ3v) is 11.4. The van der Waals surface area contributed by atoms with Crippen LogP contribution in [0.4, 0.5) is 0 Å². The highest BCUT2D eigenvalue weighted by Crippen LogP contribution is 2.14. The molecule has 1 aliphatic rings. The maximum atomic E-state index is 14.0. The van der Waals surface area contributed by atoms with Crippen molar-refractivity contribution >= 4 is 71.8 Å². The molecule has 1 aromatic carbocycles. The maximum absolute atomic E-state index is 14.0. The van der Waals surface area contributed by atoms with Crippen LogP contribution < -0.4 is 49.1 Å². The predicted molar refractivity (Wildman–Crippen MR) is 254 cm³/mol. The number of aliphatic imine (C=N–C) groups is 1. The molecule has 1 saturated heterocycles. The molecule has 1 aromatic rings. The summed E-state index contributed by atoms with van der Waals surface area (Å²) in [6.45, 7) is 2.07. The zero-order valence-electron chi connectivity index (χ0n) is 39.0. The second kappa shape index (κ2) is 31.9. The first-order valence-corrected chi connectivity index (χ1v) is 23.8. The van der Waals surface area contributed by atoms with Crippen LogP contribution >= 0.6 is 12.6 Å². The minimum atomic E-state index is -2.59. The summed E-state index contributed by atoms with van der Waals surface area (Å²) in [6.07, 6.45) is 2.90. The fourth-order valence-electron chi connectivity index (χ4n) is 7.24. The Labute approximate surface area is 406 Å². The van der Waals surface area contributed by atoms with Crippen LogP contribution in [0.1, 0.15) is 109 Å². The number of carboxylic acid groups (broad SMARTS) is 1. The Kier molecular flexibility index (Phi) is 27.3. The van der Waals surface area contributed by atoms with E-state index in [0.717, 1.165) is 38.5 Å². The minimum absolute atomic E-state index is 0.00371. The van der Waals surface area contributed by atoms with Gasteiger partial charge in [-0.2, -0.15) is 12.6 Å². The van der Waals surface area contributed by atoms with Crippen LogP contribution in [-0.2, 0) is 49.6 Å². The first kappa shape index (κ1) is 59.1. The molecule has 0 aliphatic carbocycles. The minimum Gasteiger partial charge on any atom is -0.479 e. The standard InChI is InChI=1S/C44H71N11O13S/c1-2-3-4-5-6-7-11-16-27(56)24-34(58)49-31(23-26-14-9-8-10-15-26)39(62)53-32(25-69)40(63)50-28(17-12-21-48-44(46)47)37(60)51-29(19-20-33(45)57)38(61)54-35(36(59)43(66)67)41(64)52-30-18-13-22-55(68)42(30)65/h8-10,14-15,27-32,35-36,56,59,68-69H,2-7,11-13,16-25H2,1H3,(H2,45,57)(H,49,58)(H,50,63)(H,51,60)(H,52,64)(H,53,62)(H,54,61)(H,66,67)(H4,46,47,48)/t27?,28-,29-,30?,31-,32-,35-,36?/m0/s1. The van der Waals surface area contributed by atoms with E-state index in [0.29, 0.717) is 17.0 Å². The van der Waals surface area contributed by atoms with E-state index in [-0.39, 0.29) is 63.3 Å². The molecule has 0 saturated carbocycles. The number of guanidine groups is 1. The van der Waals surface area contributed by atoms with Gasteiger partial charge in [-0.1, -0.05) is 82.2 Å². The molecule has 0 bridgehead atoms. The molecule has 69 heavy (non-hydrogen) atoms. The molecule has 386 valence electrons. The number of hydrogen-bond donors (Lipinski definition) is 14. The summed E-state index contributed by atoms with van der Waals surface area (Å²) in [4.78, 5) is 122. The largest absolute Gasteiger partial charge is 0.479 e. The topological polar surface area (TPSA) is 400 Å². The van der Waals surface area contributed by atoms with E-state index in [1.807, 2.05) is 5.32 Å². The second-order valence-corrected chi connectivity index (χ2v) is 17.2. The molecule has 1 heterocycles. The highest BCUT2D eigenvalue weighted by Gasteiger charge is 2.39. The van der Waals surface area contributed by atoms with E-state index in [1.54, 1.807) is 30.3 Å². The number of amides is 8. The highest BCUT2D eigenvalue weighted by molar-refractivity contribution is 7.80. The molecule has 1 fully saturated rings. The van der Waals surface area contributed by atoms with Gasteiger partial charge in [-0.15, -0.1) is 0 Å².